The standard InChI is InChI=1S/C9H16N2O7S/c1-19(17,18)5-4-10-9(16)11-6(8(14)15)2-3-7(12)13/h6H,2-5H2,1H3,(H,12,13)(H,14,15)(H2,10,11,16)/t6-/m0/s1. The maximum atomic E-state index is 11.3. The number of amides is 2. The van der Waals surface area contributed by atoms with Crippen molar-refractivity contribution in [2.75, 3.05) is 18.6 Å². The minimum Gasteiger partial charge on any atom is -0.481 e. The molecule has 0 aromatic carbocycles. The zero-order valence-corrected chi connectivity index (χ0v) is 11.1. The number of sulfone groups is 1. The molecule has 0 saturated carbocycles. The molecule has 1 atom stereocenters. The number of hydrogen-bond acceptors (Lipinski definition) is 5. The Balaban J connectivity index is 4.17. The molecule has 0 heterocycles. The van der Waals surface area contributed by atoms with E-state index in [1.807, 2.05) is 0 Å². The van der Waals surface area contributed by atoms with Gasteiger partial charge >= 0.3 is 18.0 Å². The SMILES string of the molecule is CS(=O)(=O)CCNC(=O)N[C@@H](CCC(=O)O)C(=O)O. The third-order valence-corrected chi connectivity index (χ3v) is 2.95. The topological polar surface area (TPSA) is 150 Å². The monoisotopic (exact) mass is 296 g/mol. The zero-order chi connectivity index (χ0) is 15.1. The number of carboxylic acid groups (broad SMARTS) is 2. The van der Waals surface area contributed by atoms with Crippen molar-refractivity contribution in [1.82, 2.24) is 10.6 Å². The molecule has 0 aliphatic heterocycles. The van der Waals surface area contributed by atoms with Crippen LogP contribution in [-0.4, -0.2) is 61.2 Å². The van der Waals surface area contributed by atoms with Crippen LogP contribution in [0.1, 0.15) is 12.8 Å². The summed E-state index contributed by atoms with van der Waals surface area (Å²) in [7, 11) is -3.22. The van der Waals surface area contributed by atoms with Gasteiger partial charge in [-0.15, -0.1) is 0 Å². The van der Waals surface area contributed by atoms with Crippen LogP contribution in [0.4, 0.5) is 4.79 Å². The molecule has 2 amide bonds. The lowest BCUT2D eigenvalue weighted by molar-refractivity contribution is -0.140. The molecule has 110 valence electrons. The minimum atomic E-state index is -3.22. The molecule has 0 spiro atoms. The highest BCUT2D eigenvalue weighted by Crippen LogP contribution is 1.97. The molecule has 10 heteroatoms. The second kappa shape index (κ2) is 7.56. The van der Waals surface area contributed by atoms with Gasteiger partial charge < -0.3 is 20.8 Å². The van der Waals surface area contributed by atoms with Crippen LogP contribution in [0.5, 0.6) is 0 Å². The molecule has 0 saturated heterocycles. The largest absolute Gasteiger partial charge is 0.481 e. The second-order valence-corrected chi connectivity index (χ2v) is 6.11. The van der Waals surface area contributed by atoms with Crippen LogP contribution in [-0.2, 0) is 19.4 Å². The van der Waals surface area contributed by atoms with Crippen LogP contribution in [0.25, 0.3) is 0 Å². The Hall–Kier alpha value is -1.84. The summed E-state index contributed by atoms with van der Waals surface area (Å²) in [4.78, 5) is 32.3. The van der Waals surface area contributed by atoms with Gasteiger partial charge in [0.05, 0.1) is 5.75 Å². The van der Waals surface area contributed by atoms with Gasteiger partial charge in [-0.1, -0.05) is 0 Å². The number of rotatable bonds is 8. The fourth-order valence-corrected chi connectivity index (χ4v) is 1.56. The Labute approximate surface area is 109 Å². The third kappa shape index (κ3) is 9.83. The predicted molar refractivity (Wildman–Crippen MR) is 64.5 cm³/mol. The summed E-state index contributed by atoms with van der Waals surface area (Å²) in [6.45, 7) is -0.157. The summed E-state index contributed by atoms with van der Waals surface area (Å²) in [5.74, 6) is -2.81. The van der Waals surface area contributed by atoms with Crippen LogP contribution in [0.2, 0.25) is 0 Å². The van der Waals surface area contributed by atoms with E-state index in [1.165, 1.54) is 0 Å². The summed E-state index contributed by atoms with van der Waals surface area (Å²) >= 11 is 0. The Kier molecular flexibility index (Phi) is 6.83. The number of carbonyl (C=O) groups is 3. The molecule has 19 heavy (non-hydrogen) atoms. The highest BCUT2D eigenvalue weighted by molar-refractivity contribution is 7.90. The number of urea groups is 1. The fourth-order valence-electron chi connectivity index (χ4n) is 1.08. The molecule has 9 nitrogen and oxygen atoms in total. The predicted octanol–water partition coefficient (Wildman–Crippen LogP) is -1.35. The zero-order valence-electron chi connectivity index (χ0n) is 10.2. The van der Waals surface area contributed by atoms with E-state index in [0.29, 0.717) is 0 Å². The van der Waals surface area contributed by atoms with Gasteiger partial charge in [-0.3, -0.25) is 4.79 Å². The van der Waals surface area contributed by atoms with E-state index in [1.54, 1.807) is 0 Å². The molecule has 0 fully saturated rings. The average molecular weight is 296 g/mol. The van der Waals surface area contributed by atoms with Crippen molar-refractivity contribution in [2.45, 2.75) is 18.9 Å². The molecular weight excluding hydrogens is 280 g/mol. The first kappa shape index (κ1) is 17.2. The maximum Gasteiger partial charge on any atom is 0.326 e. The molecule has 0 rings (SSSR count). The first-order chi connectivity index (χ1) is 8.61. The summed E-state index contributed by atoms with van der Waals surface area (Å²) in [6, 6.07) is -2.20. The smallest absolute Gasteiger partial charge is 0.326 e. The maximum absolute atomic E-state index is 11.3. The minimum absolute atomic E-state index is 0.157. The van der Waals surface area contributed by atoms with Crippen LogP contribution < -0.4 is 10.6 Å². The van der Waals surface area contributed by atoms with Gasteiger partial charge in [-0.05, 0) is 6.42 Å². The van der Waals surface area contributed by atoms with E-state index >= 15 is 0 Å². The van der Waals surface area contributed by atoms with Crippen molar-refractivity contribution >= 4 is 27.8 Å². The molecule has 0 aromatic heterocycles. The first-order valence-electron chi connectivity index (χ1n) is 5.28. The fraction of sp³-hybridized carbons (Fsp3) is 0.667. The Morgan fingerprint density at radius 3 is 2.21 bits per heavy atom. The van der Waals surface area contributed by atoms with Crippen molar-refractivity contribution in [1.29, 1.82) is 0 Å². The van der Waals surface area contributed by atoms with Crippen molar-refractivity contribution in [2.24, 2.45) is 0 Å². The Bertz CT molecular complexity index is 445. The number of carbonyl (C=O) groups excluding carboxylic acids is 1. The summed E-state index contributed by atoms with van der Waals surface area (Å²) in [5, 5.41) is 21.4. The molecule has 0 aromatic rings. The number of nitrogens with one attached hydrogen (secondary N) is 2. The van der Waals surface area contributed by atoms with Crippen molar-refractivity contribution in [3.63, 3.8) is 0 Å². The van der Waals surface area contributed by atoms with Crippen molar-refractivity contribution < 1.29 is 33.0 Å². The number of hydrogen-bond donors (Lipinski definition) is 4. The highest BCUT2D eigenvalue weighted by atomic mass is 32.2. The van der Waals surface area contributed by atoms with Crippen LogP contribution >= 0.6 is 0 Å². The van der Waals surface area contributed by atoms with Crippen LogP contribution in [0, 0.1) is 0 Å². The molecular formula is C9H16N2O7S. The van der Waals surface area contributed by atoms with E-state index in [2.05, 4.69) is 10.6 Å². The molecule has 0 radical (unpaired) electrons. The molecule has 0 bridgehead atoms. The van der Waals surface area contributed by atoms with Crippen molar-refractivity contribution in [3.05, 3.63) is 0 Å². The van der Waals surface area contributed by atoms with Gasteiger partial charge in [-0.2, -0.15) is 0 Å². The summed E-state index contributed by atoms with van der Waals surface area (Å²) in [5.41, 5.74) is 0. The van der Waals surface area contributed by atoms with Gasteiger partial charge in [0.25, 0.3) is 0 Å². The lowest BCUT2D eigenvalue weighted by Crippen LogP contribution is -2.47. The quantitative estimate of drug-likeness (QED) is 0.432. The summed E-state index contributed by atoms with van der Waals surface area (Å²) < 4.78 is 21.6. The average Bonchev–Trinajstić information content (AvgIpc) is 2.21. The lowest BCUT2D eigenvalue weighted by Gasteiger charge is -2.14. The molecule has 4 N–H and O–H groups in total. The van der Waals surface area contributed by atoms with E-state index in [0.717, 1.165) is 6.26 Å². The molecule has 0 unspecified atom stereocenters. The highest BCUT2D eigenvalue weighted by Gasteiger charge is 2.20. The van der Waals surface area contributed by atoms with Gasteiger partial charge in [0, 0.05) is 19.2 Å². The van der Waals surface area contributed by atoms with Crippen LogP contribution in [0.15, 0.2) is 0 Å². The normalized spacial score (nSPS) is 12.5. The van der Waals surface area contributed by atoms with E-state index < -0.39 is 40.3 Å². The van der Waals surface area contributed by atoms with E-state index in [9.17, 15) is 22.8 Å². The Morgan fingerprint density at radius 1 is 1.21 bits per heavy atom. The summed E-state index contributed by atoms with van der Waals surface area (Å²) in [6.07, 6.45) is 0.338. The third-order valence-electron chi connectivity index (χ3n) is 2.01. The van der Waals surface area contributed by atoms with E-state index in [4.69, 9.17) is 10.2 Å². The Morgan fingerprint density at radius 2 is 1.79 bits per heavy atom. The molecule has 0 aliphatic rings. The van der Waals surface area contributed by atoms with Crippen LogP contribution in [0.3, 0.4) is 0 Å². The van der Waals surface area contributed by atoms with Gasteiger partial charge in [0.2, 0.25) is 0 Å². The van der Waals surface area contributed by atoms with E-state index in [-0.39, 0.29) is 18.7 Å². The first-order valence-corrected chi connectivity index (χ1v) is 7.34. The molecule has 0 aliphatic carbocycles. The number of carboxylic acids is 2. The van der Waals surface area contributed by atoms with Gasteiger partial charge in [0.15, 0.2) is 0 Å². The lowest BCUT2D eigenvalue weighted by atomic mass is 10.1. The second-order valence-electron chi connectivity index (χ2n) is 3.85. The van der Waals surface area contributed by atoms with Gasteiger partial charge in [0.1, 0.15) is 15.9 Å². The number of aliphatic carboxylic acids is 2. The van der Waals surface area contributed by atoms with Crippen molar-refractivity contribution in [3.8, 4) is 0 Å². The van der Waals surface area contributed by atoms with Gasteiger partial charge in [-0.25, -0.2) is 18.0 Å².